The molecule has 0 radical (unpaired) electrons. The van der Waals surface area contributed by atoms with E-state index < -0.39 is 0 Å². The molecule has 0 spiro atoms. The van der Waals surface area contributed by atoms with Crippen molar-refractivity contribution < 1.29 is 9.53 Å². The number of methoxy groups -OCH3 is 1. The lowest BCUT2D eigenvalue weighted by Gasteiger charge is -2.22. The summed E-state index contributed by atoms with van der Waals surface area (Å²) in [5.74, 6) is 0.784. The predicted molar refractivity (Wildman–Crippen MR) is 72.5 cm³/mol. The number of hydrogen-bond donors (Lipinski definition) is 1. The van der Waals surface area contributed by atoms with E-state index >= 15 is 0 Å². The summed E-state index contributed by atoms with van der Waals surface area (Å²) in [5.41, 5.74) is 7.61. The molecular formula is C14H22N2O2. The molecule has 1 amide bonds. The first kappa shape index (κ1) is 14.5. The Kier molecular flexibility index (Phi) is 5.65. The van der Waals surface area contributed by atoms with Gasteiger partial charge in [0.1, 0.15) is 5.75 Å². The fraction of sp³-hybridized carbons (Fsp3) is 0.500. The molecule has 0 aromatic heterocycles. The number of carbonyl (C=O) groups is 1. The van der Waals surface area contributed by atoms with Gasteiger partial charge in [-0.05, 0) is 19.4 Å². The average molecular weight is 250 g/mol. The van der Waals surface area contributed by atoms with Gasteiger partial charge in [-0.2, -0.15) is 0 Å². The molecule has 0 heterocycles. The maximum absolute atomic E-state index is 11.8. The summed E-state index contributed by atoms with van der Waals surface area (Å²) in [5, 5.41) is 0. The smallest absolute Gasteiger partial charge is 0.236 e. The molecule has 18 heavy (non-hydrogen) atoms. The van der Waals surface area contributed by atoms with E-state index in [1.807, 2.05) is 32.0 Å². The van der Waals surface area contributed by atoms with Crippen LogP contribution in [0.5, 0.6) is 5.75 Å². The molecule has 0 aliphatic heterocycles. The van der Waals surface area contributed by atoms with Gasteiger partial charge in [-0.25, -0.2) is 0 Å². The van der Waals surface area contributed by atoms with E-state index in [1.165, 1.54) is 0 Å². The Morgan fingerprint density at radius 2 is 2.17 bits per heavy atom. The fourth-order valence-corrected chi connectivity index (χ4v) is 1.93. The van der Waals surface area contributed by atoms with E-state index in [9.17, 15) is 4.79 Å². The second kappa shape index (κ2) is 7.01. The van der Waals surface area contributed by atoms with Gasteiger partial charge in [0.2, 0.25) is 5.91 Å². The van der Waals surface area contributed by atoms with Crippen molar-refractivity contribution >= 4 is 5.91 Å². The van der Waals surface area contributed by atoms with Crippen LogP contribution in [0.25, 0.3) is 0 Å². The zero-order valence-corrected chi connectivity index (χ0v) is 11.4. The van der Waals surface area contributed by atoms with Crippen LogP contribution in [0.4, 0.5) is 0 Å². The zero-order chi connectivity index (χ0) is 13.5. The van der Waals surface area contributed by atoms with Gasteiger partial charge in [-0.15, -0.1) is 0 Å². The number of carbonyl (C=O) groups excluding carboxylic acids is 1. The van der Waals surface area contributed by atoms with Gasteiger partial charge in [0.05, 0.1) is 13.7 Å². The Bertz CT molecular complexity index is 405. The van der Waals surface area contributed by atoms with E-state index in [0.717, 1.165) is 23.3 Å². The molecule has 1 rings (SSSR count). The molecule has 0 aliphatic carbocycles. The van der Waals surface area contributed by atoms with E-state index in [0.29, 0.717) is 13.1 Å². The summed E-state index contributed by atoms with van der Waals surface area (Å²) in [6, 6.07) is 5.98. The maximum atomic E-state index is 11.8. The molecule has 0 atom stereocenters. The summed E-state index contributed by atoms with van der Waals surface area (Å²) < 4.78 is 5.32. The van der Waals surface area contributed by atoms with Crippen LogP contribution >= 0.6 is 0 Å². The number of benzene rings is 1. The summed E-state index contributed by atoms with van der Waals surface area (Å²) in [7, 11) is 1.64. The lowest BCUT2D eigenvalue weighted by atomic mass is 10.1. The van der Waals surface area contributed by atoms with Crippen molar-refractivity contribution in [3.8, 4) is 5.75 Å². The van der Waals surface area contributed by atoms with Crippen molar-refractivity contribution in [2.75, 3.05) is 20.2 Å². The standard InChI is InChI=1S/C14H22N2O2/c1-4-7-16(14(17)9-15)10-12-8-11(2)5-6-13(12)18-3/h5-6,8H,4,7,9-10,15H2,1-3H3. The van der Waals surface area contributed by atoms with Crippen LogP contribution in [0.3, 0.4) is 0 Å². The highest BCUT2D eigenvalue weighted by atomic mass is 16.5. The Morgan fingerprint density at radius 3 is 2.72 bits per heavy atom. The van der Waals surface area contributed by atoms with Crippen molar-refractivity contribution in [2.24, 2.45) is 5.73 Å². The quantitative estimate of drug-likeness (QED) is 0.836. The second-order valence-corrected chi connectivity index (χ2v) is 4.33. The second-order valence-electron chi connectivity index (χ2n) is 4.33. The highest BCUT2D eigenvalue weighted by Gasteiger charge is 2.13. The minimum Gasteiger partial charge on any atom is -0.496 e. The SMILES string of the molecule is CCCN(Cc1cc(C)ccc1OC)C(=O)CN. The van der Waals surface area contributed by atoms with Crippen LogP contribution in [-0.4, -0.2) is 31.0 Å². The molecule has 0 aliphatic rings. The molecular weight excluding hydrogens is 228 g/mol. The third-order valence-corrected chi connectivity index (χ3v) is 2.82. The molecule has 0 saturated carbocycles. The Hall–Kier alpha value is -1.55. The normalized spacial score (nSPS) is 10.2. The average Bonchev–Trinajstić information content (AvgIpc) is 2.37. The number of amides is 1. The number of ether oxygens (including phenoxy) is 1. The van der Waals surface area contributed by atoms with Crippen LogP contribution in [0.1, 0.15) is 24.5 Å². The zero-order valence-electron chi connectivity index (χ0n) is 11.4. The molecule has 0 saturated heterocycles. The lowest BCUT2D eigenvalue weighted by Crippen LogP contribution is -2.36. The predicted octanol–water partition coefficient (Wildman–Crippen LogP) is 1.70. The van der Waals surface area contributed by atoms with Crippen LogP contribution in [-0.2, 0) is 11.3 Å². The molecule has 4 nitrogen and oxygen atoms in total. The van der Waals surface area contributed by atoms with Crippen molar-refractivity contribution in [3.63, 3.8) is 0 Å². The number of nitrogens with zero attached hydrogens (tertiary/aromatic N) is 1. The first-order chi connectivity index (χ1) is 8.62. The monoisotopic (exact) mass is 250 g/mol. The van der Waals surface area contributed by atoms with Gasteiger partial charge in [0.25, 0.3) is 0 Å². The number of nitrogens with two attached hydrogens (primary N) is 1. The minimum atomic E-state index is -0.0274. The van der Waals surface area contributed by atoms with Crippen LogP contribution < -0.4 is 10.5 Å². The molecule has 1 aromatic rings. The fourth-order valence-electron chi connectivity index (χ4n) is 1.93. The molecule has 100 valence electrons. The van der Waals surface area contributed by atoms with E-state index in [1.54, 1.807) is 12.0 Å². The van der Waals surface area contributed by atoms with Gasteiger partial charge in [0.15, 0.2) is 0 Å². The summed E-state index contributed by atoms with van der Waals surface area (Å²) >= 11 is 0. The number of rotatable bonds is 6. The van der Waals surface area contributed by atoms with Crippen LogP contribution in [0, 0.1) is 6.92 Å². The van der Waals surface area contributed by atoms with Crippen molar-refractivity contribution in [2.45, 2.75) is 26.8 Å². The third kappa shape index (κ3) is 3.74. The summed E-state index contributed by atoms with van der Waals surface area (Å²) in [6.07, 6.45) is 0.917. The van der Waals surface area contributed by atoms with Crippen molar-refractivity contribution in [1.29, 1.82) is 0 Å². The van der Waals surface area contributed by atoms with E-state index in [4.69, 9.17) is 10.5 Å². The number of hydrogen-bond acceptors (Lipinski definition) is 3. The van der Waals surface area contributed by atoms with Gasteiger partial charge >= 0.3 is 0 Å². The van der Waals surface area contributed by atoms with E-state index in [-0.39, 0.29) is 12.5 Å². The van der Waals surface area contributed by atoms with Gasteiger partial charge in [-0.3, -0.25) is 4.79 Å². The largest absolute Gasteiger partial charge is 0.496 e. The van der Waals surface area contributed by atoms with Gasteiger partial charge in [0, 0.05) is 18.7 Å². The minimum absolute atomic E-state index is 0.0274. The Labute approximate surface area is 109 Å². The van der Waals surface area contributed by atoms with Crippen molar-refractivity contribution in [3.05, 3.63) is 29.3 Å². The molecule has 0 bridgehead atoms. The summed E-state index contributed by atoms with van der Waals surface area (Å²) in [6.45, 7) is 5.39. The van der Waals surface area contributed by atoms with Crippen molar-refractivity contribution in [1.82, 2.24) is 4.90 Å². The van der Waals surface area contributed by atoms with Gasteiger partial charge in [-0.1, -0.05) is 24.6 Å². The lowest BCUT2D eigenvalue weighted by molar-refractivity contribution is -0.130. The first-order valence-corrected chi connectivity index (χ1v) is 6.23. The molecule has 2 N–H and O–H groups in total. The van der Waals surface area contributed by atoms with E-state index in [2.05, 4.69) is 0 Å². The third-order valence-electron chi connectivity index (χ3n) is 2.82. The summed E-state index contributed by atoms with van der Waals surface area (Å²) in [4.78, 5) is 13.5. The van der Waals surface area contributed by atoms with Crippen LogP contribution in [0.2, 0.25) is 0 Å². The number of aryl methyl sites for hydroxylation is 1. The Balaban J connectivity index is 2.91. The highest BCUT2D eigenvalue weighted by molar-refractivity contribution is 5.78. The molecule has 1 aromatic carbocycles. The highest BCUT2D eigenvalue weighted by Crippen LogP contribution is 2.21. The Morgan fingerprint density at radius 1 is 1.44 bits per heavy atom. The van der Waals surface area contributed by atoms with Gasteiger partial charge < -0.3 is 15.4 Å². The molecule has 4 heteroatoms. The topological polar surface area (TPSA) is 55.6 Å². The first-order valence-electron chi connectivity index (χ1n) is 6.23. The molecule has 0 fully saturated rings. The van der Waals surface area contributed by atoms with Crippen LogP contribution in [0.15, 0.2) is 18.2 Å². The molecule has 0 unspecified atom stereocenters. The maximum Gasteiger partial charge on any atom is 0.236 e.